The Balaban J connectivity index is 1.33. The van der Waals surface area contributed by atoms with E-state index in [2.05, 4.69) is 23.9 Å². The van der Waals surface area contributed by atoms with Crippen LogP contribution in [0.5, 0.6) is 0 Å². The fraction of sp³-hybridized carbons (Fsp3) is 0.800. The van der Waals surface area contributed by atoms with E-state index in [1.807, 2.05) is 18.2 Å². The highest BCUT2D eigenvalue weighted by molar-refractivity contribution is 5.69. The molecule has 1 aromatic rings. The second-order valence-electron chi connectivity index (χ2n) is 10.2. The topological polar surface area (TPSA) is 48.6 Å². The molecule has 0 radical (unpaired) electrons. The van der Waals surface area contributed by atoms with Crippen molar-refractivity contribution < 1.29 is 23.6 Å². The molecule has 0 aliphatic carbocycles. The third kappa shape index (κ3) is 16.0. The first kappa shape index (κ1) is 29.8. The number of unbranched alkanes of at least 4 members (excludes halogenated alkanes) is 14. The lowest BCUT2D eigenvalue weighted by Crippen LogP contribution is -2.32. The van der Waals surface area contributed by atoms with Crippen LogP contribution >= 0.6 is 0 Å². The Kier molecular flexibility index (Phi) is 17.6. The number of hydrogen-bond donors (Lipinski definition) is 0. The van der Waals surface area contributed by atoms with Crippen LogP contribution in [-0.4, -0.2) is 31.6 Å². The Morgan fingerprint density at radius 3 is 2.06 bits per heavy atom. The molecule has 5 heteroatoms. The molecular weight excluding hydrogens is 438 g/mol. The normalized spacial score (nSPS) is 17.6. The van der Waals surface area contributed by atoms with Gasteiger partial charge >= 0.3 is 5.97 Å². The number of hydrogen-bond acceptors (Lipinski definition) is 4. The SMILES string of the molecule is CCCCCCCCCCCCCCC[C@H]1OC[C@H](COC(=O)CCCCC[n+]2ccccc2)O1. The fourth-order valence-electron chi connectivity index (χ4n) is 4.66. The third-order valence-electron chi connectivity index (χ3n) is 6.86. The summed E-state index contributed by atoms with van der Waals surface area (Å²) >= 11 is 0. The van der Waals surface area contributed by atoms with Gasteiger partial charge in [-0.2, -0.15) is 0 Å². The van der Waals surface area contributed by atoms with Crippen LogP contribution in [0.2, 0.25) is 0 Å². The van der Waals surface area contributed by atoms with Crippen molar-refractivity contribution in [2.24, 2.45) is 0 Å². The van der Waals surface area contributed by atoms with Gasteiger partial charge in [0.1, 0.15) is 19.3 Å². The van der Waals surface area contributed by atoms with Gasteiger partial charge in [0, 0.05) is 25.0 Å². The number of esters is 1. The summed E-state index contributed by atoms with van der Waals surface area (Å²) in [4.78, 5) is 12.0. The van der Waals surface area contributed by atoms with E-state index in [1.54, 1.807) is 0 Å². The number of carbonyl (C=O) groups is 1. The molecule has 35 heavy (non-hydrogen) atoms. The van der Waals surface area contributed by atoms with Crippen LogP contribution in [-0.2, 0) is 25.5 Å². The minimum absolute atomic E-state index is 0.111. The highest BCUT2D eigenvalue weighted by Crippen LogP contribution is 2.19. The standard InChI is InChI=1S/C30H52NO4/c1-2-3-4-5-6-7-8-9-10-11-12-13-17-22-30-34-27-28(35-30)26-33-29(32)21-16-14-18-23-31-24-19-15-20-25-31/h15,19-20,24-25,28,30H,2-14,16-18,21-23,26-27H2,1H3/q+1/t28-,30-/m0/s1. The Bertz CT molecular complexity index is 624. The van der Waals surface area contributed by atoms with Crippen molar-refractivity contribution in [1.82, 2.24) is 0 Å². The predicted molar refractivity (Wildman–Crippen MR) is 141 cm³/mol. The van der Waals surface area contributed by atoms with Crippen molar-refractivity contribution in [3.8, 4) is 0 Å². The number of carbonyl (C=O) groups excluding carboxylic acids is 1. The van der Waals surface area contributed by atoms with E-state index in [4.69, 9.17) is 14.2 Å². The number of pyridine rings is 1. The number of aromatic nitrogens is 1. The van der Waals surface area contributed by atoms with Crippen molar-refractivity contribution in [3.63, 3.8) is 0 Å². The van der Waals surface area contributed by atoms with Crippen LogP contribution < -0.4 is 4.57 Å². The molecule has 1 fully saturated rings. The number of aryl methyl sites for hydroxylation is 1. The molecule has 5 nitrogen and oxygen atoms in total. The Morgan fingerprint density at radius 2 is 1.40 bits per heavy atom. The molecule has 200 valence electrons. The smallest absolute Gasteiger partial charge is 0.305 e. The second-order valence-corrected chi connectivity index (χ2v) is 10.2. The van der Waals surface area contributed by atoms with Gasteiger partial charge in [0.25, 0.3) is 0 Å². The van der Waals surface area contributed by atoms with Gasteiger partial charge in [0.2, 0.25) is 0 Å². The van der Waals surface area contributed by atoms with E-state index in [0.717, 1.165) is 38.6 Å². The van der Waals surface area contributed by atoms with Crippen LogP contribution in [0.25, 0.3) is 0 Å². The number of nitrogens with zero attached hydrogens (tertiary/aromatic N) is 1. The largest absolute Gasteiger partial charge is 0.463 e. The maximum absolute atomic E-state index is 12.0. The summed E-state index contributed by atoms with van der Waals surface area (Å²) in [6.45, 7) is 4.11. The molecule has 0 spiro atoms. The summed E-state index contributed by atoms with van der Waals surface area (Å²) in [5, 5.41) is 0. The molecule has 0 amide bonds. The molecule has 1 aliphatic heterocycles. The highest BCUT2D eigenvalue weighted by Gasteiger charge is 2.26. The first-order valence-corrected chi connectivity index (χ1v) is 14.6. The van der Waals surface area contributed by atoms with E-state index >= 15 is 0 Å². The molecule has 1 saturated heterocycles. The quantitative estimate of drug-likeness (QED) is 0.0972. The van der Waals surface area contributed by atoms with Gasteiger partial charge in [0.15, 0.2) is 18.7 Å². The average molecular weight is 491 g/mol. The zero-order valence-corrected chi connectivity index (χ0v) is 22.5. The van der Waals surface area contributed by atoms with E-state index < -0.39 is 0 Å². The van der Waals surface area contributed by atoms with E-state index in [0.29, 0.717) is 19.6 Å². The molecular formula is C30H52NO4+. The van der Waals surface area contributed by atoms with Crippen molar-refractivity contribution in [1.29, 1.82) is 0 Å². The third-order valence-corrected chi connectivity index (χ3v) is 6.86. The van der Waals surface area contributed by atoms with Crippen molar-refractivity contribution >= 4 is 5.97 Å². The van der Waals surface area contributed by atoms with Gasteiger partial charge < -0.3 is 14.2 Å². The lowest BCUT2D eigenvalue weighted by atomic mass is 10.0. The van der Waals surface area contributed by atoms with Gasteiger partial charge in [-0.15, -0.1) is 0 Å². The van der Waals surface area contributed by atoms with Crippen molar-refractivity contribution in [2.45, 2.75) is 141 Å². The minimum Gasteiger partial charge on any atom is -0.463 e. The van der Waals surface area contributed by atoms with E-state index in [1.165, 1.54) is 77.0 Å². The van der Waals surface area contributed by atoms with Crippen LogP contribution in [0.4, 0.5) is 0 Å². The Labute approximate surface area is 214 Å². The predicted octanol–water partition coefficient (Wildman–Crippen LogP) is 7.30. The zero-order chi connectivity index (χ0) is 24.8. The maximum Gasteiger partial charge on any atom is 0.305 e. The molecule has 1 aliphatic rings. The molecule has 0 saturated carbocycles. The molecule has 0 bridgehead atoms. The van der Waals surface area contributed by atoms with Gasteiger partial charge in [-0.05, 0) is 25.7 Å². The molecule has 0 aromatic carbocycles. The van der Waals surface area contributed by atoms with E-state index in [9.17, 15) is 4.79 Å². The van der Waals surface area contributed by atoms with Gasteiger partial charge in [-0.3, -0.25) is 4.79 Å². The van der Waals surface area contributed by atoms with E-state index in [-0.39, 0.29) is 18.4 Å². The molecule has 0 unspecified atom stereocenters. The monoisotopic (exact) mass is 490 g/mol. The van der Waals surface area contributed by atoms with Crippen LogP contribution in [0.15, 0.2) is 30.6 Å². The second kappa shape index (κ2) is 20.7. The summed E-state index contributed by atoms with van der Waals surface area (Å²) in [6.07, 6.45) is 26.0. The average Bonchev–Trinajstić information content (AvgIpc) is 3.34. The summed E-state index contributed by atoms with van der Waals surface area (Å²) in [5.41, 5.74) is 0. The molecule has 2 atom stereocenters. The van der Waals surface area contributed by atoms with Crippen molar-refractivity contribution in [3.05, 3.63) is 30.6 Å². The molecule has 2 rings (SSSR count). The summed E-state index contributed by atoms with van der Waals surface area (Å²) in [5.74, 6) is -0.124. The highest BCUT2D eigenvalue weighted by atomic mass is 16.7. The lowest BCUT2D eigenvalue weighted by Gasteiger charge is -2.12. The lowest BCUT2D eigenvalue weighted by molar-refractivity contribution is -0.697. The number of ether oxygens (including phenoxy) is 3. The van der Waals surface area contributed by atoms with Crippen molar-refractivity contribution in [2.75, 3.05) is 13.2 Å². The summed E-state index contributed by atoms with van der Waals surface area (Å²) in [6, 6.07) is 6.10. The Hall–Kier alpha value is -1.46. The maximum atomic E-state index is 12.0. The molecule has 0 N–H and O–H groups in total. The van der Waals surface area contributed by atoms with Crippen LogP contribution in [0.3, 0.4) is 0 Å². The summed E-state index contributed by atoms with van der Waals surface area (Å²) in [7, 11) is 0. The van der Waals surface area contributed by atoms with Gasteiger partial charge in [-0.25, -0.2) is 4.57 Å². The Morgan fingerprint density at radius 1 is 0.800 bits per heavy atom. The molecule has 1 aromatic heterocycles. The number of rotatable bonds is 22. The van der Waals surface area contributed by atoms with Gasteiger partial charge in [-0.1, -0.05) is 90.0 Å². The molecule has 2 heterocycles. The zero-order valence-electron chi connectivity index (χ0n) is 22.5. The van der Waals surface area contributed by atoms with Crippen LogP contribution in [0, 0.1) is 0 Å². The van der Waals surface area contributed by atoms with Gasteiger partial charge in [0.05, 0.1) is 6.61 Å². The minimum atomic E-state index is -0.124. The first-order chi connectivity index (χ1) is 17.3. The first-order valence-electron chi connectivity index (χ1n) is 14.6. The van der Waals surface area contributed by atoms with Crippen LogP contribution in [0.1, 0.15) is 122 Å². The summed E-state index contributed by atoms with van der Waals surface area (Å²) < 4.78 is 19.2. The fourth-order valence-corrected chi connectivity index (χ4v) is 4.66.